The number of hydrogen-bond acceptors (Lipinski definition) is 2. The highest BCUT2D eigenvalue weighted by Crippen LogP contribution is 2.42. The fourth-order valence-electron chi connectivity index (χ4n) is 2.78. The number of hydrogen-bond donors (Lipinski definition) is 1. The molecule has 2 aromatic carbocycles. The molecule has 0 aliphatic carbocycles. The Bertz CT molecular complexity index is 730. The first kappa shape index (κ1) is 13.3. The number of aliphatic hydroxyl groups is 1. The van der Waals surface area contributed by atoms with Gasteiger partial charge in [0.2, 0.25) is 0 Å². The van der Waals surface area contributed by atoms with Gasteiger partial charge in [-0.2, -0.15) is 0 Å². The molecule has 1 heterocycles. The third kappa shape index (κ3) is 1.96. The number of thiophene rings is 1. The van der Waals surface area contributed by atoms with E-state index >= 15 is 0 Å². The molecule has 3 rings (SSSR count). The van der Waals surface area contributed by atoms with Gasteiger partial charge in [0, 0.05) is 9.58 Å². The van der Waals surface area contributed by atoms with Crippen LogP contribution >= 0.6 is 11.3 Å². The summed E-state index contributed by atoms with van der Waals surface area (Å²) in [6.07, 6.45) is 0.671. The first-order chi connectivity index (χ1) is 9.66. The van der Waals surface area contributed by atoms with E-state index in [2.05, 4.69) is 31.2 Å². The molecule has 0 saturated heterocycles. The van der Waals surface area contributed by atoms with Crippen LogP contribution in [0.4, 0.5) is 0 Å². The molecule has 0 amide bonds. The third-order valence-corrected chi connectivity index (χ3v) is 5.41. The molecule has 1 unspecified atom stereocenters. The zero-order valence-corrected chi connectivity index (χ0v) is 12.6. The van der Waals surface area contributed by atoms with Crippen LogP contribution in [-0.2, 0) is 5.60 Å². The van der Waals surface area contributed by atoms with Crippen molar-refractivity contribution >= 4 is 21.4 Å². The average Bonchev–Trinajstić information content (AvgIpc) is 2.85. The van der Waals surface area contributed by atoms with Crippen LogP contribution in [0.5, 0.6) is 0 Å². The molecule has 20 heavy (non-hydrogen) atoms. The van der Waals surface area contributed by atoms with E-state index in [1.807, 2.05) is 37.3 Å². The zero-order valence-electron chi connectivity index (χ0n) is 11.8. The minimum absolute atomic E-state index is 0.671. The third-order valence-electron chi connectivity index (χ3n) is 3.98. The molecule has 0 fully saturated rings. The Balaban J connectivity index is 2.24. The van der Waals surface area contributed by atoms with Gasteiger partial charge in [-0.25, -0.2) is 0 Å². The maximum Gasteiger partial charge on any atom is 0.124 e. The van der Waals surface area contributed by atoms with E-state index in [0.29, 0.717) is 6.42 Å². The first-order valence-electron chi connectivity index (χ1n) is 6.93. The van der Waals surface area contributed by atoms with Gasteiger partial charge in [0.1, 0.15) is 5.60 Å². The summed E-state index contributed by atoms with van der Waals surface area (Å²) in [5.41, 5.74) is 1.27. The fraction of sp³-hybridized carbons (Fsp3) is 0.222. The van der Waals surface area contributed by atoms with E-state index in [1.165, 1.54) is 15.6 Å². The van der Waals surface area contributed by atoms with Gasteiger partial charge in [-0.1, -0.05) is 55.5 Å². The second kappa shape index (κ2) is 5.04. The van der Waals surface area contributed by atoms with Crippen molar-refractivity contribution in [1.82, 2.24) is 0 Å². The quantitative estimate of drug-likeness (QED) is 0.727. The predicted octanol–water partition coefficient (Wildman–Crippen LogP) is 4.86. The predicted molar refractivity (Wildman–Crippen MR) is 86.3 cm³/mol. The van der Waals surface area contributed by atoms with Crippen LogP contribution in [0.15, 0.2) is 54.6 Å². The highest BCUT2D eigenvalue weighted by Gasteiger charge is 2.33. The van der Waals surface area contributed by atoms with Gasteiger partial charge in [-0.15, -0.1) is 11.3 Å². The lowest BCUT2D eigenvalue weighted by Gasteiger charge is -2.27. The van der Waals surface area contributed by atoms with Crippen LogP contribution in [-0.4, -0.2) is 5.11 Å². The summed E-state index contributed by atoms with van der Waals surface area (Å²) in [5, 5.41) is 12.5. The Hall–Kier alpha value is -1.64. The molecule has 102 valence electrons. The Morgan fingerprint density at radius 3 is 2.30 bits per heavy atom. The van der Waals surface area contributed by atoms with Gasteiger partial charge in [0.25, 0.3) is 0 Å². The Kier molecular flexibility index (Phi) is 3.36. The van der Waals surface area contributed by atoms with Crippen LogP contribution < -0.4 is 0 Å². The van der Waals surface area contributed by atoms with Crippen molar-refractivity contribution in [3.8, 4) is 0 Å². The van der Waals surface area contributed by atoms with Gasteiger partial charge in [-0.05, 0) is 35.9 Å². The highest BCUT2D eigenvalue weighted by atomic mass is 32.1. The number of benzene rings is 2. The minimum Gasteiger partial charge on any atom is -0.380 e. The summed E-state index contributed by atoms with van der Waals surface area (Å²) < 4.78 is 1.24. The van der Waals surface area contributed by atoms with Crippen LogP contribution in [0.1, 0.15) is 29.3 Å². The van der Waals surface area contributed by atoms with E-state index in [9.17, 15) is 5.11 Å². The van der Waals surface area contributed by atoms with Gasteiger partial charge < -0.3 is 5.11 Å². The van der Waals surface area contributed by atoms with Crippen LogP contribution in [0.25, 0.3) is 10.1 Å². The van der Waals surface area contributed by atoms with Crippen molar-refractivity contribution in [3.63, 3.8) is 0 Å². The molecule has 3 aromatic rings. The number of fused-ring (bicyclic) bond motifs is 1. The van der Waals surface area contributed by atoms with Gasteiger partial charge in [0.15, 0.2) is 0 Å². The van der Waals surface area contributed by atoms with Crippen LogP contribution in [0.2, 0.25) is 0 Å². The van der Waals surface area contributed by atoms with Crippen molar-refractivity contribution in [2.45, 2.75) is 25.9 Å². The maximum atomic E-state index is 11.3. The van der Waals surface area contributed by atoms with Gasteiger partial charge in [0.05, 0.1) is 0 Å². The van der Waals surface area contributed by atoms with E-state index in [4.69, 9.17) is 0 Å². The van der Waals surface area contributed by atoms with Crippen LogP contribution in [0.3, 0.4) is 0 Å². The monoisotopic (exact) mass is 282 g/mol. The second-order valence-electron chi connectivity index (χ2n) is 5.13. The Morgan fingerprint density at radius 1 is 1.00 bits per heavy atom. The van der Waals surface area contributed by atoms with Crippen molar-refractivity contribution in [2.24, 2.45) is 0 Å². The SMILES string of the molecule is CCC(O)(c1ccccc1)c1sc2ccccc2c1C. The van der Waals surface area contributed by atoms with Crippen molar-refractivity contribution in [2.75, 3.05) is 0 Å². The topological polar surface area (TPSA) is 20.2 Å². The molecule has 2 heteroatoms. The molecule has 0 aliphatic heterocycles. The molecular weight excluding hydrogens is 264 g/mol. The van der Waals surface area contributed by atoms with E-state index in [1.54, 1.807) is 11.3 Å². The molecule has 0 aliphatic rings. The molecular formula is C18H18OS. The smallest absolute Gasteiger partial charge is 0.124 e. The normalized spacial score (nSPS) is 14.3. The first-order valence-corrected chi connectivity index (χ1v) is 7.75. The molecule has 0 bridgehead atoms. The number of rotatable bonds is 3. The van der Waals surface area contributed by atoms with Crippen molar-refractivity contribution in [3.05, 3.63) is 70.6 Å². The Labute approximate surface area is 123 Å². The summed E-state index contributed by atoms with van der Waals surface area (Å²) in [4.78, 5) is 1.06. The molecule has 0 saturated carbocycles. The van der Waals surface area contributed by atoms with Crippen molar-refractivity contribution in [1.29, 1.82) is 0 Å². The maximum absolute atomic E-state index is 11.3. The fourth-order valence-corrected chi connectivity index (χ4v) is 4.17. The lowest BCUT2D eigenvalue weighted by atomic mass is 9.87. The Morgan fingerprint density at radius 2 is 1.65 bits per heavy atom. The molecule has 1 atom stereocenters. The highest BCUT2D eigenvalue weighted by molar-refractivity contribution is 7.19. The van der Waals surface area contributed by atoms with Gasteiger partial charge >= 0.3 is 0 Å². The standard InChI is InChI=1S/C18H18OS/c1-3-18(19,14-9-5-4-6-10-14)17-13(2)15-11-7-8-12-16(15)20-17/h4-12,19H,3H2,1-2H3. The summed E-state index contributed by atoms with van der Waals surface area (Å²) >= 11 is 1.70. The molecule has 0 spiro atoms. The van der Waals surface area contributed by atoms with E-state index < -0.39 is 5.60 Å². The van der Waals surface area contributed by atoms with Crippen LogP contribution in [0, 0.1) is 6.92 Å². The summed E-state index contributed by atoms with van der Waals surface area (Å²) in [7, 11) is 0. The summed E-state index contributed by atoms with van der Waals surface area (Å²) in [6, 6.07) is 18.3. The zero-order chi connectivity index (χ0) is 14.2. The van der Waals surface area contributed by atoms with E-state index in [-0.39, 0.29) is 0 Å². The lowest BCUT2D eigenvalue weighted by molar-refractivity contribution is 0.0799. The summed E-state index contributed by atoms with van der Waals surface area (Å²) in [5.74, 6) is 0. The van der Waals surface area contributed by atoms with Crippen molar-refractivity contribution < 1.29 is 5.11 Å². The molecule has 1 N–H and O–H groups in total. The molecule has 0 radical (unpaired) electrons. The number of aryl methyl sites for hydroxylation is 1. The summed E-state index contributed by atoms with van der Waals surface area (Å²) in [6.45, 7) is 4.15. The average molecular weight is 282 g/mol. The largest absolute Gasteiger partial charge is 0.380 e. The lowest BCUT2D eigenvalue weighted by Crippen LogP contribution is -2.25. The minimum atomic E-state index is -0.894. The van der Waals surface area contributed by atoms with E-state index in [0.717, 1.165) is 10.4 Å². The molecule has 1 nitrogen and oxygen atoms in total. The van der Waals surface area contributed by atoms with Gasteiger partial charge in [-0.3, -0.25) is 0 Å². The molecule has 1 aromatic heterocycles. The second-order valence-corrected chi connectivity index (χ2v) is 6.18.